The first kappa shape index (κ1) is 16.5. The Labute approximate surface area is 158 Å². The molecule has 0 aliphatic carbocycles. The molecule has 0 saturated heterocycles. The van der Waals surface area contributed by atoms with Crippen LogP contribution in [0.15, 0.2) is 70.9 Å². The van der Waals surface area contributed by atoms with Gasteiger partial charge in [0.25, 0.3) is 0 Å². The Hall–Kier alpha value is -1.95. The number of aromatic nitrogens is 1. The van der Waals surface area contributed by atoms with Gasteiger partial charge in [-0.25, -0.2) is 9.37 Å². The Morgan fingerprint density at radius 3 is 2.28 bits per heavy atom. The molecule has 0 aliphatic heterocycles. The van der Waals surface area contributed by atoms with E-state index in [1.54, 1.807) is 46.6 Å². The van der Waals surface area contributed by atoms with Crippen LogP contribution in [0.3, 0.4) is 0 Å². The summed E-state index contributed by atoms with van der Waals surface area (Å²) in [6.45, 7) is 0. The maximum absolute atomic E-state index is 13.3. The lowest BCUT2D eigenvalue weighted by atomic mass is 10.1. The fraction of sp³-hybridized carbons (Fsp3) is 0.0500. The SMILES string of the molecule is CSc1ccc(-c2sc(-c3cccs3)nc2-c2ccc(F)cc2)cc1. The van der Waals surface area contributed by atoms with E-state index in [0.29, 0.717) is 0 Å². The van der Waals surface area contributed by atoms with E-state index in [9.17, 15) is 4.39 Å². The zero-order valence-corrected chi connectivity index (χ0v) is 15.9. The Bertz CT molecular complexity index is 971. The van der Waals surface area contributed by atoms with Gasteiger partial charge in [0, 0.05) is 10.5 Å². The second-order valence-corrected chi connectivity index (χ2v) is 8.24. The highest BCUT2D eigenvalue weighted by Crippen LogP contribution is 2.41. The molecule has 0 radical (unpaired) electrons. The summed E-state index contributed by atoms with van der Waals surface area (Å²) in [6.07, 6.45) is 2.07. The van der Waals surface area contributed by atoms with E-state index in [0.717, 1.165) is 31.6 Å². The molecule has 0 atom stereocenters. The second-order valence-electron chi connectivity index (χ2n) is 5.41. The fourth-order valence-electron chi connectivity index (χ4n) is 2.57. The topological polar surface area (TPSA) is 12.9 Å². The first-order valence-electron chi connectivity index (χ1n) is 7.69. The van der Waals surface area contributed by atoms with Gasteiger partial charge >= 0.3 is 0 Å². The van der Waals surface area contributed by atoms with Crippen molar-refractivity contribution in [2.24, 2.45) is 0 Å². The largest absolute Gasteiger partial charge is 0.235 e. The highest BCUT2D eigenvalue weighted by Gasteiger charge is 2.16. The number of thiophene rings is 1. The van der Waals surface area contributed by atoms with Gasteiger partial charge in [0.2, 0.25) is 0 Å². The maximum atomic E-state index is 13.3. The minimum absolute atomic E-state index is 0.233. The Balaban J connectivity index is 1.86. The molecular weight excluding hydrogens is 369 g/mol. The number of benzene rings is 2. The van der Waals surface area contributed by atoms with E-state index >= 15 is 0 Å². The molecule has 4 aromatic rings. The van der Waals surface area contributed by atoms with Crippen molar-refractivity contribution in [3.8, 4) is 31.6 Å². The Kier molecular flexibility index (Phi) is 4.70. The van der Waals surface area contributed by atoms with Gasteiger partial charge < -0.3 is 0 Å². The van der Waals surface area contributed by atoms with Gasteiger partial charge in [-0.15, -0.1) is 34.4 Å². The van der Waals surface area contributed by atoms with Gasteiger partial charge in [0.05, 0.1) is 15.4 Å². The van der Waals surface area contributed by atoms with Crippen molar-refractivity contribution in [2.45, 2.75) is 4.90 Å². The summed E-state index contributed by atoms with van der Waals surface area (Å²) in [6, 6.07) is 19.2. The van der Waals surface area contributed by atoms with Crippen LogP contribution in [0, 0.1) is 5.82 Å². The van der Waals surface area contributed by atoms with Crippen LogP contribution in [0.5, 0.6) is 0 Å². The standard InChI is InChI=1S/C20H14FNS3/c1-23-16-10-6-14(7-11-16)19-18(13-4-8-15(21)9-5-13)22-20(25-19)17-3-2-12-24-17/h2-12H,1H3. The zero-order valence-electron chi connectivity index (χ0n) is 13.4. The molecule has 124 valence electrons. The van der Waals surface area contributed by atoms with Crippen LogP contribution in [-0.4, -0.2) is 11.2 Å². The molecule has 2 heterocycles. The summed E-state index contributed by atoms with van der Waals surface area (Å²) in [5.74, 6) is -0.233. The first-order chi connectivity index (χ1) is 12.2. The lowest BCUT2D eigenvalue weighted by Gasteiger charge is -2.04. The molecule has 0 saturated carbocycles. The number of nitrogens with zero attached hydrogens (tertiary/aromatic N) is 1. The van der Waals surface area contributed by atoms with E-state index in [1.165, 1.54) is 17.0 Å². The highest BCUT2D eigenvalue weighted by atomic mass is 32.2. The molecule has 0 unspecified atom stereocenters. The summed E-state index contributed by atoms with van der Waals surface area (Å²) in [5, 5.41) is 3.06. The minimum Gasteiger partial charge on any atom is -0.235 e. The molecule has 0 amide bonds. The molecular formula is C20H14FNS3. The van der Waals surface area contributed by atoms with Crippen LogP contribution in [0.4, 0.5) is 4.39 Å². The van der Waals surface area contributed by atoms with E-state index in [1.807, 2.05) is 6.07 Å². The Morgan fingerprint density at radius 2 is 1.64 bits per heavy atom. The number of halogens is 1. The summed E-state index contributed by atoms with van der Waals surface area (Å²) in [7, 11) is 0. The van der Waals surface area contributed by atoms with E-state index in [2.05, 4.69) is 42.0 Å². The van der Waals surface area contributed by atoms with Crippen LogP contribution in [-0.2, 0) is 0 Å². The summed E-state index contributed by atoms with van der Waals surface area (Å²) >= 11 is 5.09. The van der Waals surface area contributed by atoms with Gasteiger partial charge in [0.1, 0.15) is 10.8 Å². The third kappa shape index (κ3) is 3.40. The number of thiazole rings is 1. The van der Waals surface area contributed by atoms with Crippen LogP contribution in [0.25, 0.3) is 31.6 Å². The van der Waals surface area contributed by atoms with Crippen LogP contribution in [0.1, 0.15) is 0 Å². The lowest BCUT2D eigenvalue weighted by Crippen LogP contribution is -1.83. The Morgan fingerprint density at radius 1 is 0.920 bits per heavy atom. The fourth-order valence-corrected chi connectivity index (χ4v) is 4.87. The lowest BCUT2D eigenvalue weighted by molar-refractivity contribution is 0.628. The number of hydrogen-bond donors (Lipinski definition) is 0. The van der Waals surface area contributed by atoms with Crippen molar-refractivity contribution in [1.29, 1.82) is 0 Å². The summed E-state index contributed by atoms with van der Waals surface area (Å²) < 4.78 is 13.3. The normalized spacial score (nSPS) is 11.0. The first-order valence-corrected chi connectivity index (χ1v) is 10.6. The van der Waals surface area contributed by atoms with Crippen molar-refractivity contribution < 1.29 is 4.39 Å². The molecule has 2 aromatic heterocycles. The quantitative estimate of drug-likeness (QED) is 0.350. The van der Waals surface area contributed by atoms with Crippen LogP contribution in [0.2, 0.25) is 0 Å². The molecule has 4 rings (SSSR count). The average molecular weight is 384 g/mol. The third-order valence-electron chi connectivity index (χ3n) is 3.83. The van der Waals surface area contributed by atoms with E-state index < -0.39 is 0 Å². The molecule has 0 spiro atoms. The molecule has 1 nitrogen and oxygen atoms in total. The van der Waals surface area contributed by atoms with Gasteiger partial charge in [-0.1, -0.05) is 18.2 Å². The highest BCUT2D eigenvalue weighted by molar-refractivity contribution is 7.98. The molecule has 5 heteroatoms. The molecule has 0 N–H and O–H groups in total. The molecule has 25 heavy (non-hydrogen) atoms. The van der Waals surface area contributed by atoms with Gasteiger partial charge in [-0.2, -0.15) is 0 Å². The summed E-state index contributed by atoms with van der Waals surface area (Å²) in [4.78, 5) is 8.37. The number of thioether (sulfide) groups is 1. The minimum atomic E-state index is -0.233. The van der Waals surface area contributed by atoms with Crippen molar-refractivity contribution in [2.75, 3.05) is 6.26 Å². The second kappa shape index (κ2) is 7.12. The van der Waals surface area contributed by atoms with E-state index in [-0.39, 0.29) is 5.82 Å². The van der Waals surface area contributed by atoms with Gasteiger partial charge in [0.15, 0.2) is 0 Å². The van der Waals surface area contributed by atoms with Crippen molar-refractivity contribution in [3.05, 3.63) is 71.9 Å². The van der Waals surface area contributed by atoms with Crippen LogP contribution >= 0.6 is 34.4 Å². The zero-order chi connectivity index (χ0) is 17.2. The average Bonchev–Trinajstić information content (AvgIpc) is 3.32. The molecule has 0 fully saturated rings. The number of hydrogen-bond acceptors (Lipinski definition) is 4. The monoisotopic (exact) mass is 383 g/mol. The van der Waals surface area contributed by atoms with Crippen LogP contribution < -0.4 is 0 Å². The third-order valence-corrected chi connectivity index (χ3v) is 6.72. The van der Waals surface area contributed by atoms with Crippen molar-refractivity contribution in [1.82, 2.24) is 4.98 Å². The van der Waals surface area contributed by atoms with Crippen molar-refractivity contribution >= 4 is 34.4 Å². The summed E-state index contributed by atoms with van der Waals surface area (Å²) in [5.41, 5.74) is 2.98. The van der Waals surface area contributed by atoms with Gasteiger partial charge in [-0.05, 0) is 59.7 Å². The van der Waals surface area contributed by atoms with Gasteiger partial charge in [-0.3, -0.25) is 0 Å². The smallest absolute Gasteiger partial charge is 0.134 e. The van der Waals surface area contributed by atoms with Crippen molar-refractivity contribution in [3.63, 3.8) is 0 Å². The molecule has 0 bridgehead atoms. The maximum Gasteiger partial charge on any atom is 0.134 e. The predicted molar refractivity (Wildman–Crippen MR) is 108 cm³/mol. The predicted octanol–water partition coefficient (Wildman–Crippen LogP) is 7.07. The van der Waals surface area contributed by atoms with E-state index in [4.69, 9.17) is 4.98 Å². The number of rotatable bonds is 4. The molecule has 0 aliphatic rings. The molecule has 2 aromatic carbocycles.